The normalized spacial score (nSPS) is 18.7. The number of hydrogen-bond donors (Lipinski definition) is 0. The van der Waals surface area contributed by atoms with E-state index >= 15 is 0 Å². The first-order chi connectivity index (χ1) is 16.5. The number of anilines is 1. The van der Waals surface area contributed by atoms with Crippen molar-refractivity contribution < 1.29 is 14.3 Å². The second-order valence-corrected chi connectivity index (χ2v) is 9.90. The van der Waals surface area contributed by atoms with Gasteiger partial charge in [0.05, 0.1) is 36.0 Å². The zero-order valence-corrected chi connectivity index (χ0v) is 20.9. The SMILES string of the molecule is COC(=O)N1c2ccc3c(nc(Cc4ccc(OC)c(Cl)c4)n3C3CCCCC3)c2CC[C@@H]1C. The smallest absolute Gasteiger partial charge is 0.414 e. The van der Waals surface area contributed by atoms with Crippen molar-refractivity contribution in [1.29, 1.82) is 0 Å². The zero-order valence-electron chi connectivity index (χ0n) is 20.1. The highest BCUT2D eigenvalue weighted by Crippen LogP contribution is 2.40. The predicted octanol–water partition coefficient (Wildman–Crippen LogP) is 6.70. The largest absolute Gasteiger partial charge is 0.495 e. The van der Waals surface area contributed by atoms with E-state index in [1.165, 1.54) is 44.7 Å². The number of ether oxygens (including phenoxy) is 2. The molecule has 1 aliphatic carbocycles. The Morgan fingerprint density at radius 3 is 2.62 bits per heavy atom. The maximum atomic E-state index is 12.6. The molecule has 2 aliphatic rings. The summed E-state index contributed by atoms with van der Waals surface area (Å²) in [4.78, 5) is 19.6. The summed E-state index contributed by atoms with van der Waals surface area (Å²) in [6.45, 7) is 2.07. The van der Waals surface area contributed by atoms with Crippen LogP contribution in [0.3, 0.4) is 0 Å². The van der Waals surface area contributed by atoms with Crippen molar-refractivity contribution in [2.45, 2.75) is 70.4 Å². The van der Waals surface area contributed by atoms with Gasteiger partial charge in [-0.1, -0.05) is 36.9 Å². The van der Waals surface area contributed by atoms with Gasteiger partial charge in [-0.25, -0.2) is 9.78 Å². The van der Waals surface area contributed by atoms with Crippen molar-refractivity contribution in [2.24, 2.45) is 0 Å². The second kappa shape index (κ2) is 9.49. The van der Waals surface area contributed by atoms with Gasteiger partial charge in [0.2, 0.25) is 0 Å². The molecule has 0 N–H and O–H groups in total. The van der Waals surface area contributed by atoms with E-state index in [0.717, 1.165) is 41.0 Å². The van der Waals surface area contributed by atoms with Gasteiger partial charge >= 0.3 is 6.09 Å². The summed E-state index contributed by atoms with van der Waals surface area (Å²) >= 11 is 6.43. The molecule has 0 unspecified atom stereocenters. The molecule has 6 nitrogen and oxygen atoms in total. The molecule has 0 spiro atoms. The molecule has 2 heterocycles. The first kappa shape index (κ1) is 23.0. The molecule has 5 rings (SSSR count). The summed E-state index contributed by atoms with van der Waals surface area (Å²) in [5.41, 5.74) is 5.35. The lowest BCUT2D eigenvalue weighted by atomic mass is 9.94. The van der Waals surface area contributed by atoms with Crippen LogP contribution in [0.2, 0.25) is 5.02 Å². The average Bonchev–Trinajstić information content (AvgIpc) is 3.22. The molecule has 0 bridgehead atoms. The van der Waals surface area contributed by atoms with Crippen molar-refractivity contribution in [2.75, 3.05) is 19.1 Å². The molecule has 1 aliphatic heterocycles. The topological polar surface area (TPSA) is 56.6 Å². The molecule has 1 fully saturated rings. The van der Waals surface area contributed by atoms with Crippen molar-refractivity contribution in [3.8, 4) is 5.75 Å². The molecule has 7 heteroatoms. The molecule has 1 aromatic heterocycles. The lowest BCUT2D eigenvalue weighted by Gasteiger charge is -2.34. The predicted molar refractivity (Wildman–Crippen MR) is 135 cm³/mol. The minimum absolute atomic E-state index is 0.0961. The third-order valence-electron chi connectivity index (χ3n) is 7.42. The summed E-state index contributed by atoms with van der Waals surface area (Å²) in [5, 5.41) is 0.611. The highest BCUT2D eigenvalue weighted by molar-refractivity contribution is 6.32. The zero-order chi connectivity index (χ0) is 23.8. The highest BCUT2D eigenvalue weighted by Gasteiger charge is 2.32. The van der Waals surface area contributed by atoms with Gasteiger partial charge in [0.25, 0.3) is 0 Å². The lowest BCUT2D eigenvalue weighted by molar-refractivity contribution is 0.175. The van der Waals surface area contributed by atoms with E-state index < -0.39 is 0 Å². The number of halogens is 1. The van der Waals surface area contributed by atoms with Crippen LogP contribution in [0.4, 0.5) is 10.5 Å². The first-order valence-electron chi connectivity index (χ1n) is 12.2. The number of aromatic nitrogens is 2. The Balaban J connectivity index is 1.64. The third-order valence-corrected chi connectivity index (χ3v) is 7.71. The van der Waals surface area contributed by atoms with Crippen molar-refractivity contribution in [3.63, 3.8) is 0 Å². The van der Waals surface area contributed by atoms with Gasteiger partial charge in [-0.15, -0.1) is 0 Å². The van der Waals surface area contributed by atoms with Crippen LogP contribution in [0.15, 0.2) is 30.3 Å². The van der Waals surface area contributed by atoms with E-state index in [9.17, 15) is 4.79 Å². The van der Waals surface area contributed by atoms with Crippen LogP contribution < -0.4 is 9.64 Å². The number of fused-ring (bicyclic) bond motifs is 3. The van der Waals surface area contributed by atoms with Crippen LogP contribution in [0.5, 0.6) is 5.75 Å². The molecule has 1 saturated carbocycles. The number of rotatable bonds is 4. The van der Waals surface area contributed by atoms with Gasteiger partial charge < -0.3 is 14.0 Å². The number of imidazole rings is 1. The van der Waals surface area contributed by atoms with Gasteiger partial charge in [0, 0.05) is 24.1 Å². The Morgan fingerprint density at radius 2 is 1.91 bits per heavy atom. The highest BCUT2D eigenvalue weighted by atomic mass is 35.5. The first-order valence-corrected chi connectivity index (χ1v) is 12.6. The number of aryl methyl sites for hydroxylation is 1. The van der Waals surface area contributed by atoms with E-state index in [4.69, 9.17) is 26.1 Å². The molecule has 0 saturated heterocycles. The molecule has 2 aromatic carbocycles. The van der Waals surface area contributed by atoms with Gasteiger partial charge in [0.1, 0.15) is 11.6 Å². The number of amides is 1. The molecule has 34 heavy (non-hydrogen) atoms. The van der Waals surface area contributed by atoms with Crippen LogP contribution in [0.1, 0.15) is 68.4 Å². The molecular weight excluding hydrogens is 450 g/mol. The lowest BCUT2D eigenvalue weighted by Crippen LogP contribution is -2.42. The number of benzene rings is 2. The number of carbonyl (C=O) groups excluding carboxylic acids is 1. The van der Waals surface area contributed by atoms with Crippen molar-refractivity contribution in [3.05, 3.63) is 52.3 Å². The fourth-order valence-corrected chi connectivity index (χ4v) is 5.98. The third kappa shape index (κ3) is 4.02. The van der Waals surface area contributed by atoms with E-state index in [1.54, 1.807) is 12.0 Å². The van der Waals surface area contributed by atoms with Crippen LogP contribution >= 0.6 is 11.6 Å². The van der Waals surface area contributed by atoms with Gasteiger partial charge in [-0.2, -0.15) is 0 Å². The molecule has 1 atom stereocenters. The summed E-state index contributed by atoms with van der Waals surface area (Å²) < 4.78 is 12.9. The molecule has 1 amide bonds. The maximum Gasteiger partial charge on any atom is 0.414 e. The fraction of sp³-hybridized carbons (Fsp3) is 0.481. The van der Waals surface area contributed by atoms with E-state index in [2.05, 4.69) is 29.7 Å². The summed E-state index contributed by atoms with van der Waals surface area (Å²) in [7, 11) is 3.07. The minimum Gasteiger partial charge on any atom is -0.495 e. The molecular formula is C27H32ClN3O3. The summed E-state index contributed by atoms with van der Waals surface area (Å²) in [5.74, 6) is 1.73. The van der Waals surface area contributed by atoms with Crippen molar-refractivity contribution in [1.82, 2.24) is 9.55 Å². The number of hydrogen-bond acceptors (Lipinski definition) is 4. The number of nitrogens with zero attached hydrogens (tertiary/aromatic N) is 3. The van der Waals surface area contributed by atoms with Crippen LogP contribution in [-0.4, -0.2) is 35.9 Å². The van der Waals surface area contributed by atoms with Gasteiger partial charge in [0.15, 0.2) is 0 Å². The Hall–Kier alpha value is -2.73. The van der Waals surface area contributed by atoms with Crippen LogP contribution in [0, 0.1) is 0 Å². The van der Waals surface area contributed by atoms with E-state index in [0.29, 0.717) is 23.2 Å². The van der Waals surface area contributed by atoms with Crippen LogP contribution in [0.25, 0.3) is 11.0 Å². The minimum atomic E-state index is -0.312. The Kier molecular flexibility index (Phi) is 6.43. The van der Waals surface area contributed by atoms with E-state index in [1.807, 2.05) is 12.1 Å². The number of methoxy groups -OCH3 is 2. The molecule has 180 valence electrons. The van der Waals surface area contributed by atoms with Gasteiger partial charge in [-0.3, -0.25) is 4.90 Å². The summed E-state index contributed by atoms with van der Waals surface area (Å²) in [6.07, 6.45) is 8.31. The van der Waals surface area contributed by atoms with Gasteiger partial charge in [-0.05, 0) is 62.4 Å². The maximum absolute atomic E-state index is 12.6. The molecule has 0 radical (unpaired) electrons. The molecule has 3 aromatic rings. The van der Waals surface area contributed by atoms with E-state index in [-0.39, 0.29) is 12.1 Å². The number of carbonyl (C=O) groups is 1. The standard InChI is InChI=1S/C27H32ClN3O3/c1-17-9-11-20-22(30(17)27(32)34-3)12-13-23-26(20)29-25(31(23)19-7-5-4-6-8-19)16-18-10-14-24(33-2)21(28)15-18/h10,12-15,17,19H,4-9,11,16H2,1-3H3/t17-/m0/s1. The quantitative estimate of drug-likeness (QED) is 0.416. The van der Waals surface area contributed by atoms with Crippen molar-refractivity contribution >= 4 is 34.4 Å². The Bertz CT molecular complexity index is 1220. The van der Waals surface area contributed by atoms with Crippen LogP contribution in [-0.2, 0) is 17.6 Å². The Morgan fingerprint density at radius 1 is 1.12 bits per heavy atom. The Labute approximate surface area is 205 Å². The second-order valence-electron chi connectivity index (χ2n) is 9.49. The fourth-order valence-electron chi connectivity index (χ4n) is 5.70. The monoisotopic (exact) mass is 481 g/mol. The average molecular weight is 482 g/mol. The summed E-state index contributed by atoms with van der Waals surface area (Å²) in [6, 6.07) is 10.7.